The molecule has 0 saturated carbocycles. The van der Waals surface area contributed by atoms with E-state index in [1.807, 2.05) is 0 Å². The van der Waals surface area contributed by atoms with E-state index < -0.39 is 11.2 Å². The third-order valence-electron chi connectivity index (χ3n) is 4.44. The van der Waals surface area contributed by atoms with Crippen LogP contribution in [0.3, 0.4) is 0 Å². The van der Waals surface area contributed by atoms with Crippen molar-refractivity contribution in [2.75, 3.05) is 10.6 Å². The van der Waals surface area contributed by atoms with Crippen molar-refractivity contribution in [1.29, 1.82) is 0 Å². The van der Waals surface area contributed by atoms with E-state index in [1.165, 1.54) is 36.0 Å². The van der Waals surface area contributed by atoms with Gasteiger partial charge in [-0.3, -0.25) is 9.59 Å². The van der Waals surface area contributed by atoms with Crippen LogP contribution in [-0.2, 0) is 4.79 Å². The van der Waals surface area contributed by atoms with Gasteiger partial charge in [-0.05, 0) is 67.6 Å². The molecule has 1 atom stereocenters. The van der Waals surface area contributed by atoms with Crippen LogP contribution in [-0.4, -0.2) is 28.1 Å². The molecule has 0 aromatic heterocycles. The first kappa shape index (κ1) is 24.9. The van der Waals surface area contributed by atoms with Gasteiger partial charge in [0.25, 0.3) is 5.91 Å². The number of anilines is 2. The summed E-state index contributed by atoms with van der Waals surface area (Å²) in [6.07, 6.45) is 0. The van der Waals surface area contributed by atoms with Crippen LogP contribution in [0.4, 0.5) is 11.4 Å². The molecular weight excluding hydrogens is 507 g/mol. The van der Waals surface area contributed by atoms with Gasteiger partial charge in [0.2, 0.25) is 5.91 Å². The third-order valence-corrected chi connectivity index (χ3v) is 6.43. The number of hydrogen-bond donors (Lipinski definition) is 3. The number of carbonyl (C=O) groups excluding carboxylic acids is 2. The van der Waals surface area contributed by atoms with E-state index in [2.05, 4.69) is 10.6 Å². The van der Waals surface area contributed by atoms with Crippen LogP contribution < -0.4 is 10.6 Å². The van der Waals surface area contributed by atoms with E-state index >= 15 is 0 Å². The number of halogens is 3. The molecule has 3 rings (SSSR count). The molecule has 1 unspecified atom stereocenters. The minimum Gasteiger partial charge on any atom is -0.478 e. The van der Waals surface area contributed by atoms with E-state index in [-0.39, 0.29) is 33.1 Å². The zero-order chi connectivity index (χ0) is 24.1. The number of aromatic carboxylic acids is 1. The summed E-state index contributed by atoms with van der Waals surface area (Å²) in [6.45, 7) is 1.72. The predicted molar refractivity (Wildman–Crippen MR) is 133 cm³/mol. The molecule has 0 aliphatic heterocycles. The molecule has 0 heterocycles. The highest BCUT2D eigenvalue weighted by atomic mass is 35.5. The fraction of sp³-hybridized carbons (Fsp3) is 0.0870. The lowest BCUT2D eigenvalue weighted by molar-refractivity contribution is -0.115. The Hall–Kier alpha value is -2.71. The number of carbonyl (C=O) groups is 3. The molecule has 33 heavy (non-hydrogen) atoms. The maximum Gasteiger partial charge on any atom is 0.335 e. The van der Waals surface area contributed by atoms with Crippen molar-refractivity contribution in [1.82, 2.24) is 0 Å². The van der Waals surface area contributed by atoms with Gasteiger partial charge >= 0.3 is 5.97 Å². The first-order chi connectivity index (χ1) is 15.6. The van der Waals surface area contributed by atoms with Gasteiger partial charge in [0.1, 0.15) is 0 Å². The van der Waals surface area contributed by atoms with Gasteiger partial charge in [0.05, 0.1) is 32.1 Å². The molecular formula is C23H17Cl3N2O4S. The third kappa shape index (κ3) is 6.65. The molecule has 0 radical (unpaired) electrons. The Morgan fingerprint density at radius 1 is 0.879 bits per heavy atom. The maximum absolute atomic E-state index is 12.6. The normalized spacial score (nSPS) is 11.5. The SMILES string of the molecule is CC(Sc1ccc(NC(=O)c2ccc(Cl)cc2Cl)cc1)C(=O)Nc1cc(C(=O)O)ccc1Cl. The second kappa shape index (κ2) is 10.9. The molecule has 170 valence electrons. The Kier molecular flexibility index (Phi) is 8.26. The van der Waals surface area contributed by atoms with E-state index in [9.17, 15) is 14.4 Å². The van der Waals surface area contributed by atoms with E-state index in [0.717, 1.165) is 4.90 Å². The van der Waals surface area contributed by atoms with Crippen molar-refractivity contribution in [2.45, 2.75) is 17.1 Å². The van der Waals surface area contributed by atoms with Gasteiger partial charge < -0.3 is 15.7 Å². The van der Waals surface area contributed by atoms with Crippen molar-refractivity contribution >= 4 is 75.7 Å². The average molecular weight is 524 g/mol. The monoisotopic (exact) mass is 522 g/mol. The lowest BCUT2D eigenvalue weighted by atomic mass is 10.2. The first-order valence-electron chi connectivity index (χ1n) is 9.51. The number of rotatable bonds is 7. The van der Waals surface area contributed by atoms with Gasteiger partial charge in [0, 0.05) is 15.6 Å². The summed E-state index contributed by atoms with van der Waals surface area (Å²) >= 11 is 19.3. The quantitative estimate of drug-likeness (QED) is 0.299. The molecule has 10 heteroatoms. The van der Waals surface area contributed by atoms with Crippen LogP contribution in [0.2, 0.25) is 15.1 Å². The van der Waals surface area contributed by atoms with Crippen LogP contribution >= 0.6 is 46.6 Å². The Labute approximate surface area is 209 Å². The van der Waals surface area contributed by atoms with Crippen molar-refractivity contribution in [3.63, 3.8) is 0 Å². The molecule has 0 aliphatic rings. The fourth-order valence-corrected chi connectivity index (χ4v) is 4.26. The van der Waals surface area contributed by atoms with Gasteiger partial charge in [-0.15, -0.1) is 11.8 Å². The smallest absolute Gasteiger partial charge is 0.335 e. The highest BCUT2D eigenvalue weighted by molar-refractivity contribution is 8.00. The van der Waals surface area contributed by atoms with Crippen LogP contribution in [0.5, 0.6) is 0 Å². The minimum absolute atomic E-state index is 0.0209. The molecule has 2 amide bonds. The van der Waals surface area contributed by atoms with E-state index in [4.69, 9.17) is 39.9 Å². The van der Waals surface area contributed by atoms with Crippen molar-refractivity contribution in [2.24, 2.45) is 0 Å². The summed E-state index contributed by atoms with van der Waals surface area (Å²) in [7, 11) is 0. The summed E-state index contributed by atoms with van der Waals surface area (Å²) in [5, 5.41) is 15.0. The van der Waals surface area contributed by atoms with Crippen LogP contribution in [0, 0.1) is 0 Å². The standard InChI is InChI=1S/C23H17Cl3N2O4S/c1-12(21(29)28-20-10-13(23(31)32)2-9-18(20)25)33-16-6-4-15(5-7-16)27-22(30)17-8-3-14(24)11-19(17)26/h2-12H,1H3,(H,27,30)(H,28,29)(H,31,32). The Balaban J connectivity index is 1.61. The largest absolute Gasteiger partial charge is 0.478 e. The Bertz CT molecular complexity index is 1220. The number of carboxylic acid groups (broad SMARTS) is 1. The minimum atomic E-state index is -1.12. The van der Waals surface area contributed by atoms with Gasteiger partial charge in [-0.2, -0.15) is 0 Å². The number of carboxylic acids is 1. The second-order valence-corrected chi connectivity index (χ2v) is 9.52. The van der Waals surface area contributed by atoms with Crippen molar-refractivity contribution in [3.8, 4) is 0 Å². The maximum atomic E-state index is 12.6. The molecule has 3 aromatic carbocycles. The summed E-state index contributed by atoms with van der Waals surface area (Å²) in [6, 6.07) is 15.7. The van der Waals surface area contributed by atoms with Gasteiger partial charge in [0.15, 0.2) is 0 Å². The Morgan fingerprint density at radius 3 is 2.21 bits per heavy atom. The fourth-order valence-electron chi connectivity index (χ4n) is 2.73. The van der Waals surface area contributed by atoms with Crippen LogP contribution in [0.25, 0.3) is 0 Å². The molecule has 3 N–H and O–H groups in total. The summed E-state index contributed by atoms with van der Waals surface area (Å²) < 4.78 is 0. The first-order valence-corrected chi connectivity index (χ1v) is 11.5. The molecule has 6 nitrogen and oxygen atoms in total. The molecule has 3 aromatic rings. The number of amides is 2. The number of benzene rings is 3. The van der Waals surface area contributed by atoms with Gasteiger partial charge in [-0.1, -0.05) is 34.8 Å². The average Bonchev–Trinajstić information content (AvgIpc) is 2.76. The molecule has 0 fully saturated rings. The lowest BCUT2D eigenvalue weighted by Crippen LogP contribution is -2.22. The van der Waals surface area contributed by atoms with Gasteiger partial charge in [-0.25, -0.2) is 4.79 Å². The van der Waals surface area contributed by atoms with E-state index in [0.29, 0.717) is 16.3 Å². The number of hydrogen-bond acceptors (Lipinski definition) is 4. The second-order valence-electron chi connectivity index (χ2n) is 6.85. The number of nitrogens with one attached hydrogen (secondary N) is 2. The summed E-state index contributed by atoms with van der Waals surface area (Å²) in [5.41, 5.74) is 1.11. The summed E-state index contributed by atoms with van der Waals surface area (Å²) in [5.74, 6) is -1.82. The predicted octanol–water partition coefficient (Wildman–Crippen LogP) is 6.72. The molecule has 0 bridgehead atoms. The highest BCUT2D eigenvalue weighted by Gasteiger charge is 2.17. The molecule has 0 saturated heterocycles. The van der Waals surface area contributed by atoms with Crippen LogP contribution in [0.15, 0.2) is 65.6 Å². The molecule has 0 spiro atoms. The lowest BCUT2D eigenvalue weighted by Gasteiger charge is -2.14. The molecule has 0 aliphatic carbocycles. The van der Waals surface area contributed by atoms with Crippen LogP contribution in [0.1, 0.15) is 27.6 Å². The van der Waals surface area contributed by atoms with Crippen molar-refractivity contribution in [3.05, 3.63) is 86.9 Å². The zero-order valence-corrected chi connectivity index (χ0v) is 20.1. The zero-order valence-electron chi connectivity index (χ0n) is 17.1. The van der Waals surface area contributed by atoms with E-state index in [1.54, 1.807) is 43.3 Å². The highest BCUT2D eigenvalue weighted by Crippen LogP contribution is 2.28. The number of thioether (sulfide) groups is 1. The topological polar surface area (TPSA) is 95.5 Å². The summed E-state index contributed by atoms with van der Waals surface area (Å²) in [4.78, 5) is 36.9. The Morgan fingerprint density at radius 2 is 1.58 bits per heavy atom. The van der Waals surface area contributed by atoms with Crippen molar-refractivity contribution < 1.29 is 19.5 Å².